The predicted octanol–water partition coefficient (Wildman–Crippen LogP) is 4.96. The lowest BCUT2D eigenvalue weighted by atomic mass is 9.95. The standard InChI is InChI=1S/C22H25Cl3N4O2/c1-13(18-5-3-16(23)11-19(18)25)27-21(30)14(2)29-9-7-15(8-10-29)22(31)28-20-6-4-17(24)12-26-20/h3-6,11-15H,7-10H2,1-2H3,(H,27,30)(H,26,28,31). The molecule has 6 nitrogen and oxygen atoms in total. The number of benzene rings is 1. The summed E-state index contributed by atoms with van der Waals surface area (Å²) in [4.78, 5) is 31.5. The van der Waals surface area contributed by atoms with Crippen LogP contribution in [0.5, 0.6) is 0 Å². The molecule has 0 saturated carbocycles. The Bertz CT molecular complexity index is 931. The Morgan fingerprint density at radius 2 is 1.74 bits per heavy atom. The Hall–Kier alpha value is -1.86. The van der Waals surface area contributed by atoms with Gasteiger partial charge in [-0.3, -0.25) is 14.5 Å². The van der Waals surface area contributed by atoms with Gasteiger partial charge in [0.15, 0.2) is 0 Å². The number of piperidine rings is 1. The molecule has 1 aliphatic heterocycles. The Balaban J connectivity index is 1.49. The Morgan fingerprint density at radius 3 is 2.35 bits per heavy atom. The van der Waals surface area contributed by atoms with Gasteiger partial charge in [0.2, 0.25) is 11.8 Å². The third kappa shape index (κ3) is 6.32. The molecule has 1 aromatic carbocycles. The van der Waals surface area contributed by atoms with Gasteiger partial charge in [-0.25, -0.2) is 4.98 Å². The topological polar surface area (TPSA) is 74.3 Å². The number of nitrogens with one attached hydrogen (secondary N) is 2. The second kappa shape index (κ2) is 10.6. The molecule has 1 aliphatic rings. The van der Waals surface area contributed by atoms with Crippen molar-refractivity contribution >= 4 is 52.4 Å². The average molecular weight is 484 g/mol. The molecule has 0 aliphatic carbocycles. The van der Waals surface area contributed by atoms with Crippen molar-refractivity contribution in [2.75, 3.05) is 18.4 Å². The molecule has 3 rings (SSSR count). The van der Waals surface area contributed by atoms with Gasteiger partial charge in [0.25, 0.3) is 0 Å². The highest BCUT2D eigenvalue weighted by atomic mass is 35.5. The molecule has 2 unspecified atom stereocenters. The molecule has 0 bridgehead atoms. The fraction of sp³-hybridized carbons (Fsp3) is 0.409. The molecule has 166 valence electrons. The smallest absolute Gasteiger partial charge is 0.237 e. The molecule has 0 spiro atoms. The molecule has 2 amide bonds. The molecule has 2 heterocycles. The van der Waals surface area contributed by atoms with Crippen molar-refractivity contribution in [3.05, 3.63) is 57.2 Å². The first-order chi connectivity index (χ1) is 14.7. The van der Waals surface area contributed by atoms with Crippen LogP contribution in [0.2, 0.25) is 15.1 Å². The molecule has 1 saturated heterocycles. The van der Waals surface area contributed by atoms with Crippen LogP contribution in [-0.2, 0) is 9.59 Å². The van der Waals surface area contributed by atoms with E-state index in [4.69, 9.17) is 34.8 Å². The van der Waals surface area contributed by atoms with Crippen LogP contribution < -0.4 is 10.6 Å². The van der Waals surface area contributed by atoms with E-state index in [1.807, 2.05) is 19.9 Å². The van der Waals surface area contributed by atoms with Crippen molar-refractivity contribution in [1.29, 1.82) is 0 Å². The number of hydrogen-bond donors (Lipinski definition) is 2. The van der Waals surface area contributed by atoms with Gasteiger partial charge in [-0.2, -0.15) is 0 Å². The number of halogens is 3. The van der Waals surface area contributed by atoms with E-state index in [1.54, 1.807) is 24.3 Å². The van der Waals surface area contributed by atoms with E-state index in [0.717, 1.165) is 5.56 Å². The molecule has 0 radical (unpaired) electrons. The summed E-state index contributed by atoms with van der Waals surface area (Å²) in [7, 11) is 0. The van der Waals surface area contributed by atoms with Crippen molar-refractivity contribution in [2.24, 2.45) is 5.92 Å². The summed E-state index contributed by atoms with van der Waals surface area (Å²) in [6.07, 6.45) is 2.85. The molecule has 1 aromatic heterocycles. The second-order valence-electron chi connectivity index (χ2n) is 7.73. The average Bonchev–Trinajstić information content (AvgIpc) is 2.74. The first-order valence-electron chi connectivity index (χ1n) is 10.2. The van der Waals surface area contributed by atoms with Crippen molar-refractivity contribution in [2.45, 2.75) is 38.8 Å². The van der Waals surface area contributed by atoms with Crippen LogP contribution in [0.3, 0.4) is 0 Å². The molecular weight excluding hydrogens is 459 g/mol. The van der Waals surface area contributed by atoms with Crippen LogP contribution >= 0.6 is 34.8 Å². The minimum atomic E-state index is -0.310. The lowest BCUT2D eigenvalue weighted by molar-refractivity contribution is -0.127. The minimum absolute atomic E-state index is 0.0578. The quantitative estimate of drug-likeness (QED) is 0.609. The zero-order valence-corrected chi connectivity index (χ0v) is 19.6. The van der Waals surface area contributed by atoms with Crippen molar-refractivity contribution in [3.8, 4) is 0 Å². The van der Waals surface area contributed by atoms with Crippen molar-refractivity contribution < 1.29 is 9.59 Å². The summed E-state index contributed by atoms with van der Waals surface area (Å²) in [6.45, 7) is 5.10. The maximum absolute atomic E-state index is 12.8. The maximum Gasteiger partial charge on any atom is 0.237 e. The molecule has 2 N–H and O–H groups in total. The summed E-state index contributed by atoms with van der Waals surface area (Å²) in [6, 6.07) is 8.05. The lowest BCUT2D eigenvalue weighted by Gasteiger charge is -2.35. The van der Waals surface area contributed by atoms with Crippen LogP contribution in [0, 0.1) is 5.92 Å². The third-order valence-corrected chi connectivity index (χ3v) is 6.38. The highest BCUT2D eigenvalue weighted by Gasteiger charge is 2.30. The van der Waals surface area contributed by atoms with E-state index in [-0.39, 0.29) is 29.8 Å². The summed E-state index contributed by atoms with van der Waals surface area (Å²) < 4.78 is 0. The zero-order chi connectivity index (χ0) is 22.5. The fourth-order valence-electron chi connectivity index (χ4n) is 3.66. The van der Waals surface area contributed by atoms with E-state index >= 15 is 0 Å². The maximum atomic E-state index is 12.8. The van der Waals surface area contributed by atoms with E-state index in [1.165, 1.54) is 6.20 Å². The normalized spacial score (nSPS) is 17.1. The van der Waals surface area contributed by atoms with E-state index in [2.05, 4.69) is 20.5 Å². The predicted molar refractivity (Wildman–Crippen MR) is 125 cm³/mol. The SMILES string of the molecule is CC(NC(=O)C(C)N1CCC(C(=O)Nc2ccc(Cl)cn2)CC1)c1ccc(Cl)cc1Cl. The number of carbonyl (C=O) groups is 2. The van der Waals surface area contributed by atoms with Gasteiger partial charge in [-0.05, 0) is 69.6 Å². The second-order valence-corrected chi connectivity index (χ2v) is 9.01. The van der Waals surface area contributed by atoms with Gasteiger partial charge < -0.3 is 10.6 Å². The largest absolute Gasteiger partial charge is 0.348 e. The summed E-state index contributed by atoms with van der Waals surface area (Å²) in [5.74, 6) is 0.236. The highest BCUT2D eigenvalue weighted by molar-refractivity contribution is 6.35. The monoisotopic (exact) mass is 482 g/mol. The number of carbonyl (C=O) groups excluding carboxylic acids is 2. The molecule has 2 aromatic rings. The van der Waals surface area contributed by atoms with Crippen LogP contribution in [-0.4, -0.2) is 40.8 Å². The zero-order valence-electron chi connectivity index (χ0n) is 17.4. The van der Waals surface area contributed by atoms with Crippen LogP contribution in [0.15, 0.2) is 36.5 Å². The molecule has 31 heavy (non-hydrogen) atoms. The lowest BCUT2D eigenvalue weighted by Crippen LogP contribution is -2.49. The van der Waals surface area contributed by atoms with Gasteiger partial charge in [0.05, 0.1) is 17.1 Å². The number of likely N-dealkylation sites (tertiary alicyclic amines) is 1. The molecular formula is C22H25Cl3N4O2. The van der Waals surface area contributed by atoms with Gasteiger partial charge in [0, 0.05) is 22.2 Å². The van der Waals surface area contributed by atoms with Crippen LogP contribution in [0.1, 0.15) is 38.3 Å². The first kappa shape index (κ1) is 23.8. The summed E-state index contributed by atoms with van der Waals surface area (Å²) in [5, 5.41) is 7.45. The molecule has 9 heteroatoms. The number of hydrogen-bond acceptors (Lipinski definition) is 4. The minimum Gasteiger partial charge on any atom is -0.348 e. The number of pyridine rings is 1. The molecule has 1 fully saturated rings. The van der Waals surface area contributed by atoms with Crippen molar-refractivity contribution in [3.63, 3.8) is 0 Å². The highest BCUT2D eigenvalue weighted by Crippen LogP contribution is 2.27. The van der Waals surface area contributed by atoms with Crippen LogP contribution in [0.4, 0.5) is 5.82 Å². The fourth-order valence-corrected chi connectivity index (χ4v) is 4.34. The van der Waals surface area contributed by atoms with E-state index in [0.29, 0.717) is 46.8 Å². The van der Waals surface area contributed by atoms with E-state index in [9.17, 15) is 9.59 Å². The Kier molecular flexibility index (Phi) is 8.17. The number of rotatable bonds is 6. The summed E-state index contributed by atoms with van der Waals surface area (Å²) >= 11 is 18.0. The number of nitrogens with zero attached hydrogens (tertiary/aromatic N) is 2. The molecule has 2 atom stereocenters. The first-order valence-corrected chi connectivity index (χ1v) is 11.3. The number of aromatic nitrogens is 1. The van der Waals surface area contributed by atoms with Gasteiger partial charge in [-0.15, -0.1) is 0 Å². The number of amides is 2. The third-order valence-electron chi connectivity index (χ3n) is 5.59. The Labute approximate surface area is 197 Å². The van der Waals surface area contributed by atoms with Gasteiger partial charge in [-0.1, -0.05) is 40.9 Å². The summed E-state index contributed by atoms with van der Waals surface area (Å²) in [5.41, 5.74) is 0.817. The van der Waals surface area contributed by atoms with Gasteiger partial charge >= 0.3 is 0 Å². The van der Waals surface area contributed by atoms with Crippen molar-refractivity contribution in [1.82, 2.24) is 15.2 Å². The number of anilines is 1. The van der Waals surface area contributed by atoms with Crippen LogP contribution in [0.25, 0.3) is 0 Å². The Morgan fingerprint density at radius 1 is 1.06 bits per heavy atom. The van der Waals surface area contributed by atoms with Gasteiger partial charge in [0.1, 0.15) is 5.82 Å². The van der Waals surface area contributed by atoms with E-state index < -0.39 is 0 Å².